The molecule has 0 bridgehead atoms. The van der Waals surface area contributed by atoms with Crippen LogP contribution in [0.2, 0.25) is 0 Å². The quantitative estimate of drug-likeness (QED) is 0.494. The summed E-state index contributed by atoms with van der Waals surface area (Å²) < 4.78 is 19.9. The first-order valence-corrected chi connectivity index (χ1v) is 9.97. The van der Waals surface area contributed by atoms with E-state index in [1.54, 1.807) is 37.6 Å². The summed E-state index contributed by atoms with van der Waals surface area (Å²) in [6.07, 6.45) is 3.19. The number of benzene rings is 1. The van der Waals surface area contributed by atoms with Gasteiger partial charge in [0, 0.05) is 45.0 Å². The highest BCUT2D eigenvalue weighted by atomic mass is 19.1. The molecule has 0 radical (unpaired) electrons. The zero-order valence-electron chi connectivity index (χ0n) is 17.9. The molecule has 2 aromatic rings. The van der Waals surface area contributed by atoms with Crippen LogP contribution in [0.4, 0.5) is 4.39 Å². The van der Waals surface area contributed by atoms with Crippen molar-refractivity contribution in [3.8, 4) is 11.5 Å². The Balaban J connectivity index is 1.85. The van der Waals surface area contributed by atoms with Gasteiger partial charge in [-0.3, -0.25) is 14.9 Å². The maximum absolute atomic E-state index is 14.4. The number of halogens is 1. The van der Waals surface area contributed by atoms with Crippen LogP contribution in [0.3, 0.4) is 0 Å². The Morgan fingerprint density at radius 3 is 2.52 bits per heavy atom. The largest absolute Gasteiger partial charge is 0.453 e. The lowest BCUT2D eigenvalue weighted by Gasteiger charge is -2.30. The Bertz CT molecular complexity index is 772. The van der Waals surface area contributed by atoms with Gasteiger partial charge in [-0.25, -0.2) is 4.39 Å². The molecule has 0 spiro atoms. The SMILES string of the molecule is CN=C(NCCN(C(C)C)C(C)C)NCc1ccc(Oc2cccnc2)c(F)c1. The lowest BCUT2D eigenvalue weighted by Crippen LogP contribution is -2.45. The minimum atomic E-state index is -0.416. The van der Waals surface area contributed by atoms with E-state index in [2.05, 4.69) is 53.2 Å². The molecule has 0 aliphatic rings. The van der Waals surface area contributed by atoms with Crippen molar-refractivity contribution in [2.45, 2.75) is 46.3 Å². The molecular weight excluding hydrogens is 369 g/mol. The van der Waals surface area contributed by atoms with E-state index >= 15 is 0 Å². The van der Waals surface area contributed by atoms with Crippen LogP contribution < -0.4 is 15.4 Å². The second kappa shape index (κ2) is 11.4. The fourth-order valence-electron chi connectivity index (χ4n) is 3.09. The third kappa shape index (κ3) is 7.34. The Labute approximate surface area is 173 Å². The van der Waals surface area contributed by atoms with Crippen LogP contribution in [-0.4, -0.2) is 48.1 Å². The number of hydrogen-bond donors (Lipinski definition) is 2. The summed E-state index contributed by atoms with van der Waals surface area (Å²) in [5, 5.41) is 6.53. The molecule has 0 amide bonds. The normalized spacial score (nSPS) is 12.0. The van der Waals surface area contributed by atoms with E-state index in [0.29, 0.717) is 30.3 Å². The van der Waals surface area contributed by atoms with Gasteiger partial charge in [0.15, 0.2) is 17.5 Å². The monoisotopic (exact) mass is 401 g/mol. The van der Waals surface area contributed by atoms with Gasteiger partial charge in [-0.15, -0.1) is 0 Å². The van der Waals surface area contributed by atoms with E-state index in [4.69, 9.17) is 4.74 Å². The molecule has 1 heterocycles. The van der Waals surface area contributed by atoms with Crippen molar-refractivity contribution in [1.82, 2.24) is 20.5 Å². The number of pyridine rings is 1. The number of nitrogens with one attached hydrogen (secondary N) is 2. The molecule has 29 heavy (non-hydrogen) atoms. The van der Waals surface area contributed by atoms with Crippen LogP contribution in [0.1, 0.15) is 33.3 Å². The van der Waals surface area contributed by atoms with Crippen molar-refractivity contribution < 1.29 is 9.13 Å². The number of guanidine groups is 1. The van der Waals surface area contributed by atoms with E-state index < -0.39 is 5.82 Å². The van der Waals surface area contributed by atoms with Crippen LogP contribution in [0.15, 0.2) is 47.7 Å². The highest BCUT2D eigenvalue weighted by molar-refractivity contribution is 5.79. The van der Waals surface area contributed by atoms with E-state index in [0.717, 1.165) is 18.7 Å². The van der Waals surface area contributed by atoms with Crippen LogP contribution in [-0.2, 0) is 6.54 Å². The number of rotatable bonds is 9. The fourth-order valence-corrected chi connectivity index (χ4v) is 3.09. The predicted octanol–water partition coefficient (Wildman–Crippen LogP) is 3.80. The molecule has 0 saturated carbocycles. The molecule has 0 unspecified atom stereocenters. The molecule has 0 aliphatic carbocycles. The van der Waals surface area contributed by atoms with Gasteiger partial charge in [-0.1, -0.05) is 6.07 Å². The van der Waals surface area contributed by atoms with E-state index in [1.807, 2.05) is 6.07 Å². The molecule has 0 atom stereocenters. The molecule has 158 valence electrons. The van der Waals surface area contributed by atoms with Gasteiger partial charge in [0.1, 0.15) is 5.75 Å². The fraction of sp³-hybridized carbons (Fsp3) is 0.455. The van der Waals surface area contributed by atoms with Gasteiger partial charge in [0.05, 0.1) is 6.20 Å². The van der Waals surface area contributed by atoms with Gasteiger partial charge in [0.2, 0.25) is 0 Å². The van der Waals surface area contributed by atoms with Crippen molar-refractivity contribution in [2.75, 3.05) is 20.1 Å². The third-order valence-electron chi connectivity index (χ3n) is 4.53. The van der Waals surface area contributed by atoms with Crippen molar-refractivity contribution in [3.05, 3.63) is 54.1 Å². The Hall–Kier alpha value is -2.67. The number of aromatic nitrogens is 1. The second-order valence-electron chi connectivity index (χ2n) is 7.33. The summed E-state index contributed by atoms with van der Waals surface area (Å²) >= 11 is 0. The second-order valence-corrected chi connectivity index (χ2v) is 7.33. The van der Waals surface area contributed by atoms with E-state index in [1.165, 1.54) is 6.07 Å². The number of nitrogens with zero attached hydrogens (tertiary/aromatic N) is 3. The maximum Gasteiger partial charge on any atom is 0.191 e. The first kappa shape index (κ1) is 22.6. The van der Waals surface area contributed by atoms with Crippen molar-refractivity contribution >= 4 is 5.96 Å². The van der Waals surface area contributed by atoms with Crippen LogP contribution in [0.25, 0.3) is 0 Å². The summed E-state index contributed by atoms with van der Waals surface area (Å²) in [6.45, 7) is 11.0. The lowest BCUT2D eigenvalue weighted by molar-refractivity contribution is 0.178. The van der Waals surface area contributed by atoms with Crippen molar-refractivity contribution in [3.63, 3.8) is 0 Å². The molecular formula is C22H32FN5O. The molecule has 6 nitrogen and oxygen atoms in total. The first-order chi connectivity index (χ1) is 13.9. The average molecular weight is 402 g/mol. The van der Waals surface area contributed by atoms with Crippen molar-refractivity contribution in [1.29, 1.82) is 0 Å². The molecule has 7 heteroatoms. The van der Waals surface area contributed by atoms with Gasteiger partial charge in [0.25, 0.3) is 0 Å². The lowest BCUT2D eigenvalue weighted by atomic mass is 10.2. The van der Waals surface area contributed by atoms with Crippen LogP contribution in [0, 0.1) is 5.82 Å². The standard InChI is InChI=1S/C22H32FN5O/c1-16(2)28(17(3)4)12-11-26-22(24-5)27-14-18-8-9-21(20(23)13-18)29-19-7-6-10-25-15-19/h6-10,13,15-17H,11-12,14H2,1-5H3,(H2,24,26,27). The maximum atomic E-state index is 14.4. The summed E-state index contributed by atoms with van der Waals surface area (Å²) in [5.41, 5.74) is 0.801. The molecule has 0 fully saturated rings. The Morgan fingerprint density at radius 2 is 1.93 bits per heavy atom. The smallest absolute Gasteiger partial charge is 0.191 e. The zero-order chi connectivity index (χ0) is 21.2. The van der Waals surface area contributed by atoms with E-state index in [9.17, 15) is 4.39 Å². The number of aliphatic imine (C=N–C) groups is 1. The zero-order valence-corrected chi connectivity index (χ0v) is 17.9. The summed E-state index contributed by atoms with van der Waals surface area (Å²) in [6, 6.07) is 9.37. The van der Waals surface area contributed by atoms with Crippen LogP contribution >= 0.6 is 0 Å². The minimum Gasteiger partial charge on any atom is -0.453 e. The molecule has 2 rings (SSSR count). The molecule has 1 aromatic heterocycles. The van der Waals surface area contributed by atoms with E-state index in [-0.39, 0.29) is 5.75 Å². The van der Waals surface area contributed by atoms with Gasteiger partial charge < -0.3 is 15.4 Å². The van der Waals surface area contributed by atoms with Crippen molar-refractivity contribution in [2.24, 2.45) is 4.99 Å². The van der Waals surface area contributed by atoms with Gasteiger partial charge in [-0.2, -0.15) is 0 Å². The highest BCUT2D eigenvalue weighted by Crippen LogP contribution is 2.24. The Kier molecular flexibility index (Phi) is 8.86. The topological polar surface area (TPSA) is 61.8 Å². The first-order valence-electron chi connectivity index (χ1n) is 9.97. The summed E-state index contributed by atoms with van der Waals surface area (Å²) in [4.78, 5) is 10.6. The number of ether oxygens (including phenoxy) is 1. The predicted molar refractivity (Wildman–Crippen MR) is 116 cm³/mol. The molecule has 0 aliphatic heterocycles. The highest BCUT2D eigenvalue weighted by Gasteiger charge is 2.13. The minimum absolute atomic E-state index is 0.173. The van der Waals surface area contributed by atoms with Gasteiger partial charge >= 0.3 is 0 Å². The summed E-state index contributed by atoms with van der Waals surface area (Å²) in [7, 11) is 1.73. The summed E-state index contributed by atoms with van der Waals surface area (Å²) in [5.74, 6) is 0.944. The van der Waals surface area contributed by atoms with Crippen LogP contribution in [0.5, 0.6) is 11.5 Å². The molecule has 1 aromatic carbocycles. The molecule has 0 saturated heterocycles. The number of hydrogen-bond acceptors (Lipinski definition) is 4. The third-order valence-corrected chi connectivity index (χ3v) is 4.53. The Morgan fingerprint density at radius 1 is 1.17 bits per heavy atom. The molecule has 2 N–H and O–H groups in total. The average Bonchev–Trinajstić information content (AvgIpc) is 2.69. The van der Waals surface area contributed by atoms with Gasteiger partial charge in [-0.05, 0) is 57.5 Å².